The fraction of sp³-hybridized carbons (Fsp3) is 0.176. The summed E-state index contributed by atoms with van der Waals surface area (Å²) in [5.41, 5.74) is 1.33. The fourth-order valence-electron chi connectivity index (χ4n) is 2.29. The van der Waals surface area contributed by atoms with Crippen molar-refractivity contribution in [1.82, 2.24) is 9.71 Å². The summed E-state index contributed by atoms with van der Waals surface area (Å²) >= 11 is 1.09. The predicted molar refractivity (Wildman–Crippen MR) is 103 cm³/mol. The van der Waals surface area contributed by atoms with Gasteiger partial charge in [0.05, 0.1) is 21.2 Å². The van der Waals surface area contributed by atoms with Crippen molar-refractivity contribution >= 4 is 42.6 Å². The van der Waals surface area contributed by atoms with Crippen molar-refractivity contribution in [3.8, 4) is 11.5 Å². The molecule has 3 rings (SSSR count). The van der Waals surface area contributed by atoms with Crippen LogP contribution in [0.5, 0.6) is 11.5 Å². The minimum atomic E-state index is -3.84. The lowest BCUT2D eigenvalue weighted by molar-refractivity contribution is -0.117. The Labute approximate surface area is 159 Å². The normalized spacial score (nSPS) is 12.8. The van der Waals surface area contributed by atoms with E-state index in [4.69, 9.17) is 0 Å². The number of nitrogens with zero attached hydrogens (tertiary/aromatic N) is 1. The van der Waals surface area contributed by atoms with Crippen LogP contribution in [0.4, 0.5) is 5.13 Å². The number of anilines is 1. The number of amides is 1. The molecule has 142 valence electrons. The zero-order valence-corrected chi connectivity index (χ0v) is 16.1. The minimum Gasteiger partial charge on any atom is -0.504 e. The quantitative estimate of drug-likeness (QED) is 0.481. The van der Waals surface area contributed by atoms with Crippen LogP contribution in [0.25, 0.3) is 10.2 Å². The molecular weight excluding hydrogens is 390 g/mol. The summed E-state index contributed by atoms with van der Waals surface area (Å²) in [5.74, 6) is -1.19. The highest BCUT2D eigenvalue weighted by Crippen LogP contribution is 2.34. The van der Waals surface area contributed by atoms with Crippen LogP contribution < -0.4 is 10.0 Å². The van der Waals surface area contributed by atoms with E-state index in [0.29, 0.717) is 10.2 Å². The lowest BCUT2D eigenvalue weighted by Gasteiger charge is -2.13. The molecule has 2 aromatic carbocycles. The molecule has 1 amide bonds. The number of thiazole rings is 1. The predicted octanol–water partition coefficient (Wildman–Crippen LogP) is 2.32. The second-order valence-electron chi connectivity index (χ2n) is 5.97. The number of phenolic OH excluding ortho intramolecular Hbond substituents is 2. The van der Waals surface area contributed by atoms with Crippen molar-refractivity contribution in [2.75, 3.05) is 5.32 Å². The van der Waals surface area contributed by atoms with E-state index in [0.717, 1.165) is 16.9 Å². The summed E-state index contributed by atoms with van der Waals surface area (Å²) < 4.78 is 27.6. The number of fused-ring (bicyclic) bond motifs is 1. The van der Waals surface area contributed by atoms with Crippen LogP contribution in [0.2, 0.25) is 0 Å². The molecule has 0 spiro atoms. The Bertz CT molecular complexity index is 1070. The van der Waals surface area contributed by atoms with E-state index in [-0.39, 0.29) is 21.5 Å². The maximum atomic E-state index is 12.4. The number of carbonyl (C=O) groups excluding carboxylic acids is 1. The van der Waals surface area contributed by atoms with E-state index in [1.165, 1.54) is 31.2 Å². The molecule has 1 heterocycles. The van der Waals surface area contributed by atoms with E-state index in [1.54, 1.807) is 12.1 Å². The van der Waals surface area contributed by atoms with Gasteiger partial charge >= 0.3 is 0 Å². The highest BCUT2D eigenvalue weighted by molar-refractivity contribution is 7.89. The van der Waals surface area contributed by atoms with Gasteiger partial charge in [-0.05, 0) is 26.0 Å². The van der Waals surface area contributed by atoms with E-state index >= 15 is 0 Å². The standard InChI is InChI=1S/C17H17N3O5S2/c1-9-3-5-11(6-4-9)27(24,25)20-10(2)16(23)19-17-18-12-7-13(21)14(22)8-15(12)26-17/h3-8,10,20-22H,1-2H3,(H,18,19,23)/t10-/m1/s1. The van der Waals surface area contributed by atoms with Crippen LogP contribution in [-0.2, 0) is 14.8 Å². The second kappa shape index (κ2) is 7.14. The molecular formula is C17H17N3O5S2. The number of aromatic nitrogens is 1. The number of aromatic hydroxyl groups is 2. The largest absolute Gasteiger partial charge is 0.504 e. The number of sulfonamides is 1. The third-order valence-corrected chi connectivity index (χ3v) is 6.26. The topological polar surface area (TPSA) is 129 Å². The third-order valence-electron chi connectivity index (χ3n) is 3.77. The van der Waals surface area contributed by atoms with Crippen molar-refractivity contribution in [1.29, 1.82) is 0 Å². The van der Waals surface area contributed by atoms with Gasteiger partial charge in [-0.1, -0.05) is 29.0 Å². The van der Waals surface area contributed by atoms with Gasteiger partial charge < -0.3 is 15.5 Å². The van der Waals surface area contributed by atoms with E-state index < -0.39 is 22.0 Å². The van der Waals surface area contributed by atoms with Crippen molar-refractivity contribution in [3.63, 3.8) is 0 Å². The Balaban J connectivity index is 1.73. The van der Waals surface area contributed by atoms with Gasteiger partial charge in [0.1, 0.15) is 0 Å². The summed E-state index contributed by atoms with van der Waals surface area (Å²) in [6.07, 6.45) is 0. The molecule has 0 saturated carbocycles. The van der Waals surface area contributed by atoms with Crippen LogP contribution >= 0.6 is 11.3 Å². The lowest BCUT2D eigenvalue weighted by Crippen LogP contribution is -2.41. The fourth-order valence-corrected chi connectivity index (χ4v) is 4.38. The number of phenols is 2. The number of hydrogen-bond acceptors (Lipinski definition) is 7. The van der Waals surface area contributed by atoms with Crippen molar-refractivity contribution in [2.24, 2.45) is 0 Å². The third kappa shape index (κ3) is 4.18. The van der Waals surface area contributed by atoms with Crippen molar-refractivity contribution in [3.05, 3.63) is 42.0 Å². The molecule has 1 atom stereocenters. The van der Waals surface area contributed by atoms with Gasteiger partial charge in [-0.3, -0.25) is 4.79 Å². The molecule has 8 nitrogen and oxygen atoms in total. The molecule has 3 aromatic rings. The molecule has 10 heteroatoms. The summed E-state index contributed by atoms with van der Waals surface area (Å²) in [7, 11) is -3.84. The first-order valence-electron chi connectivity index (χ1n) is 7.88. The number of benzene rings is 2. The Morgan fingerprint density at radius 3 is 2.44 bits per heavy atom. The minimum absolute atomic E-state index is 0.0682. The molecule has 0 aliphatic rings. The smallest absolute Gasteiger partial charge is 0.244 e. The summed E-state index contributed by atoms with van der Waals surface area (Å²) in [5, 5.41) is 21.8. The number of carbonyl (C=O) groups is 1. The molecule has 1 aromatic heterocycles. The average Bonchev–Trinajstić information content (AvgIpc) is 2.96. The first-order chi connectivity index (χ1) is 12.7. The SMILES string of the molecule is Cc1ccc(S(=O)(=O)N[C@H](C)C(=O)Nc2nc3cc(O)c(O)cc3s2)cc1. The van der Waals surface area contributed by atoms with Gasteiger partial charge in [0.15, 0.2) is 16.6 Å². The Morgan fingerprint density at radius 2 is 1.78 bits per heavy atom. The monoisotopic (exact) mass is 407 g/mol. The zero-order valence-electron chi connectivity index (χ0n) is 14.4. The average molecular weight is 407 g/mol. The Morgan fingerprint density at radius 1 is 1.15 bits per heavy atom. The molecule has 0 saturated heterocycles. The number of rotatable bonds is 5. The summed E-state index contributed by atoms with van der Waals surface area (Å²) in [6, 6.07) is 7.85. The first-order valence-corrected chi connectivity index (χ1v) is 10.2. The molecule has 0 unspecified atom stereocenters. The van der Waals surface area contributed by atoms with Crippen LogP contribution in [0.15, 0.2) is 41.3 Å². The lowest BCUT2D eigenvalue weighted by atomic mass is 10.2. The van der Waals surface area contributed by atoms with Gasteiger partial charge in [0.2, 0.25) is 15.9 Å². The molecule has 27 heavy (non-hydrogen) atoms. The number of nitrogens with one attached hydrogen (secondary N) is 2. The van der Waals surface area contributed by atoms with E-state index in [9.17, 15) is 23.4 Å². The number of aryl methyl sites for hydroxylation is 1. The molecule has 0 aliphatic carbocycles. The Hall–Kier alpha value is -2.69. The van der Waals surface area contributed by atoms with Crippen LogP contribution in [0.1, 0.15) is 12.5 Å². The van der Waals surface area contributed by atoms with Crippen molar-refractivity contribution < 1.29 is 23.4 Å². The highest BCUT2D eigenvalue weighted by atomic mass is 32.2. The van der Waals surface area contributed by atoms with Crippen LogP contribution in [-0.4, -0.2) is 35.6 Å². The highest BCUT2D eigenvalue weighted by Gasteiger charge is 2.23. The molecule has 4 N–H and O–H groups in total. The molecule has 0 bridgehead atoms. The summed E-state index contributed by atoms with van der Waals surface area (Å²) in [4.78, 5) is 16.5. The van der Waals surface area contributed by atoms with Gasteiger partial charge in [-0.2, -0.15) is 4.72 Å². The van der Waals surface area contributed by atoms with Gasteiger partial charge in [-0.25, -0.2) is 13.4 Å². The van der Waals surface area contributed by atoms with Gasteiger partial charge in [0, 0.05) is 12.1 Å². The number of hydrogen-bond donors (Lipinski definition) is 4. The van der Waals surface area contributed by atoms with E-state index in [1.807, 2.05) is 6.92 Å². The van der Waals surface area contributed by atoms with Gasteiger partial charge in [0.25, 0.3) is 0 Å². The maximum absolute atomic E-state index is 12.4. The van der Waals surface area contributed by atoms with Crippen LogP contribution in [0.3, 0.4) is 0 Å². The van der Waals surface area contributed by atoms with Crippen LogP contribution in [0, 0.1) is 6.92 Å². The maximum Gasteiger partial charge on any atom is 0.244 e. The van der Waals surface area contributed by atoms with Crippen molar-refractivity contribution in [2.45, 2.75) is 24.8 Å². The molecule has 0 aliphatic heterocycles. The van der Waals surface area contributed by atoms with Gasteiger partial charge in [-0.15, -0.1) is 0 Å². The molecule has 0 fully saturated rings. The summed E-state index contributed by atoms with van der Waals surface area (Å²) in [6.45, 7) is 3.27. The second-order valence-corrected chi connectivity index (χ2v) is 8.72. The Kier molecular flexibility index (Phi) is 5.05. The molecule has 0 radical (unpaired) electrons. The zero-order chi connectivity index (χ0) is 19.8. The van der Waals surface area contributed by atoms with E-state index in [2.05, 4.69) is 15.0 Å². The first kappa shape index (κ1) is 19.1.